The van der Waals surface area contributed by atoms with E-state index in [-0.39, 0.29) is 51.9 Å². The van der Waals surface area contributed by atoms with Crippen molar-refractivity contribution in [3.05, 3.63) is 32.7 Å². The van der Waals surface area contributed by atoms with Crippen molar-refractivity contribution in [3.8, 4) is 24.3 Å². The van der Waals surface area contributed by atoms with E-state index in [1.807, 2.05) is 24.3 Å². The normalized spacial score (nSPS) is 8.82. The third-order valence-electron chi connectivity index (χ3n) is 2.81. The van der Waals surface area contributed by atoms with Crippen LogP contribution in [0.3, 0.4) is 0 Å². The molecule has 0 bridgehead atoms. The van der Waals surface area contributed by atoms with Gasteiger partial charge in [-0.2, -0.15) is 21.0 Å². The van der Waals surface area contributed by atoms with Crippen molar-refractivity contribution in [2.45, 2.75) is 13.8 Å². The van der Waals surface area contributed by atoms with Crippen LogP contribution in [0.2, 0.25) is 0 Å². The summed E-state index contributed by atoms with van der Waals surface area (Å²) < 4.78 is 10.7. The summed E-state index contributed by atoms with van der Waals surface area (Å²) in [7, 11) is 0. The molecule has 0 aromatic heterocycles. The van der Waals surface area contributed by atoms with Gasteiger partial charge in [0.1, 0.15) is 24.3 Å². The molecule has 6 nitrogen and oxygen atoms in total. The second-order valence-corrected chi connectivity index (χ2v) is 3.95. The molecule has 0 radical (unpaired) electrons. The number of hydrogen-bond acceptors (Lipinski definition) is 6. The Kier molecular flexibility index (Phi) is 5.53. The third kappa shape index (κ3) is 2.68. The lowest BCUT2D eigenvalue weighted by Gasteiger charge is -2.11. The highest BCUT2D eigenvalue weighted by atomic mass is 16.7. The average Bonchev–Trinajstić information content (AvgIpc) is 2.53. The van der Waals surface area contributed by atoms with Gasteiger partial charge in [-0.05, 0) is 13.8 Å². The Morgan fingerprint density at radius 3 is 1.45 bits per heavy atom. The van der Waals surface area contributed by atoms with Crippen molar-refractivity contribution >= 4 is 12.5 Å². The van der Waals surface area contributed by atoms with Crippen molar-refractivity contribution in [2.24, 2.45) is 0 Å². The van der Waals surface area contributed by atoms with Crippen LogP contribution in [-0.4, -0.2) is 13.2 Å². The topological polar surface area (TPSA) is 114 Å². The molecule has 0 spiro atoms. The van der Waals surface area contributed by atoms with E-state index in [0.29, 0.717) is 0 Å². The van der Waals surface area contributed by atoms with Crippen LogP contribution < -0.4 is 10.4 Å². The molecular formula is C16H12N4O2. The summed E-state index contributed by atoms with van der Waals surface area (Å²) in [5.41, 5.74) is -0.296. The highest BCUT2D eigenvalue weighted by Gasteiger charge is 2.20. The first-order chi connectivity index (χ1) is 10.6. The minimum atomic E-state index is -0.0834. The van der Waals surface area contributed by atoms with Crippen LogP contribution in [0.25, 0.3) is 12.5 Å². The van der Waals surface area contributed by atoms with E-state index in [0.717, 1.165) is 0 Å². The van der Waals surface area contributed by atoms with Gasteiger partial charge in [-0.15, -0.1) is 0 Å². The predicted octanol–water partition coefficient (Wildman–Crippen LogP) is 0.722. The third-order valence-corrected chi connectivity index (χ3v) is 2.81. The molecule has 0 fully saturated rings. The molecule has 1 aromatic carbocycles. The lowest BCUT2D eigenvalue weighted by Crippen LogP contribution is -2.29. The highest BCUT2D eigenvalue weighted by molar-refractivity contribution is 5.62. The number of benzene rings is 1. The molecule has 0 unspecified atom stereocenters. The molecule has 0 amide bonds. The fraction of sp³-hybridized carbons (Fsp3) is 0.250. The number of hydrogen-bond donors (Lipinski definition) is 0. The van der Waals surface area contributed by atoms with Crippen molar-refractivity contribution in [3.63, 3.8) is 0 Å². The maximum absolute atomic E-state index is 9.38. The molecule has 1 aromatic rings. The molecule has 22 heavy (non-hydrogen) atoms. The second kappa shape index (κ2) is 7.34. The van der Waals surface area contributed by atoms with E-state index in [9.17, 15) is 21.0 Å². The summed E-state index contributed by atoms with van der Waals surface area (Å²) >= 11 is 0. The Morgan fingerprint density at radius 1 is 0.818 bits per heavy atom. The van der Waals surface area contributed by atoms with E-state index in [1.165, 1.54) is 0 Å². The quantitative estimate of drug-likeness (QED) is 0.807. The SMILES string of the molecule is C=c1c(C#N)c(C#N)c(=C(OCC)OCC)c(C#N)c1C#N. The molecule has 108 valence electrons. The zero-order valence-electron chi connectivity index (χ0n) is 12.2. The summed E-state index contributed by atoms with van der Waals surface area (Å²) in [5, 5.41) is 37.3. The Hall–Kier alpha value is -3.48. The maximum atomic E-state index is 9.38. The Morgan fingerprint density at radius 2 is 1.18 bits per heavy atom. The van der Waals surface area contributed by atoms with Gasteiger partial charge in [-0.25, -0.2) is 0 Å². The first kappa shape index (κ1) is 16.6. The monoisotopic (exact) mass is 292 g/mol. The van der Waals surface area contributed by atoms with E-state index >= 15 is 0 Å². The van der Waals surface area contributed by atoms with Gasteiger partial charge in [0, 0.05) is 5.22 Å². The lowest BCUT2D eigenvalue weighted by molar-refractivity contribution is 0.130. The Balaban J connectivity index is 4.26. The van der Waals surface area contributed by atoms with Gasteiger partial charge < -0.3 is 9.47 Å². The maximum Gasteiger partial charge on any atom is 0.289 e. The highest BCUT2D eigenvalue weighted by Crippen LogP contribution is 2.09. The van der Waals surface area contributed by atoms with Gasteiger partial charge in [0.2, 0.25) is 0 Å². The largest absolute Gasteiger partial charge is 0.465 e. The molecule has 6 heteroatoms. The van der Waals surface area contributed by atoms with Gasteiger partial charge >= 0.3 is 0 Å². The molecule has 0 aliphatic heterocycles. The predicted molar refractivity (Wildman–Crippen MR) is 76.7 cm³/mol. The molecule has 0 saturated heterocycles. The smallest absolute Gasteiger partial charge is 0.289 e. The van der Waals surface area contributed by atoms with Crippen LogP contribution in [0.15, 0.2) is 0 Å². The Labute approximate surface area is 127 Å². The number of nitriles is 4. The van der Waals surface area contributed by atoms with E-state index in [4.69, 9.17) is 9.47 Å². The van der Waals surface area contributed by atoms with Crippen LogP contribution >= 0.6 is 0 Å². The van der Waals surface area contributed by atoms with Gasteiger partial charge in [0.25, 0.3) is 5.95 Å². The van der Waals surface area contributed by atoms with E-state index in [1.54, 1.807) is 13.8 Å². The van der Waals surface area contributed by atoms with Gasteiger partial charge in [-0.3, -0.25) is 0 Å². The van der Waals surface area contributed by atoms with Crippen LogP contribution in [-0.2, 0) is 9.47 Å². The van der Waals surface area contributed by atoms with Crippen LogP contribution in [0.4, 0.5) is 0 Å². The molecule has 0 aliphatic rings. The van der Waals surface area contributed by atoms with Crippen molar-refractivity contribution in [2.75, 3.05) is 13.2 Å². The minimum Gasteiger partial charge on any atom is -0.465 e. The molecule has 0 atom stereocenters. The van der Waals surface area contributed by atoms with Gasteiger partial charge in [0.05, 0.1) is 40.7 Å². The Bertz CT molecular complexity index is 807. The first-order valence-electron chi connectivity index (χ1n) is 6.40. The summed E-state index contributed by atoms with van der Waals surface area (Å²) in [6.45, 7) is 7.53. The van der Waals surface area contributed by atoms with Crippen molar-refractivity contribution in [1.82, 2.24) is 0 Å². The molecule has 0 N–H and O–H groups in total. The molecular weight excluding hydrogens is 280 g/mol. The standard InChI is InChI=1S/C16H12N4O2/c1-4-21-16(22-5-2)15-13(8-19)11(6-17)10(3)12(7-18)14(15)9-20/h3-5H2,1-2H3. The van der Waals surface area contributed by atoms with Gasteiger partial charge in [0.15, 0.2) is 0 Å². The molecule has 0 aliphatic carbocycles. The van der Waals surface area contributed by atoms with Gasteiger partial charge in [-0.1, -0.05) is 6.58 Å². The minimum absolute atomic E-state index is 0.0224. The van der Waals surface area contributed by atoms with Crippen LogP contribution in [0, 0.1) is 45.3 Å². The number of ether oxygens (including phenoxy) is 2. The average molecular weight is 292 g/mol. The summed E-state index contributed by atoms with van der Waals surface area (Å²) in [6.07, 6.45) is 0. The second-order valence-electron chi connectivity index (χ2n) is 3.95. The van der Waals surface area contributed by atoms with Crippen molar-refractivity contribution < 1.29 is 9.47 Å². The molecule has 0 heterocycles. The summed E-state index contributed by atoms with van der Waals surface area (Å²) in [5.74, 6) is -0.0499. The van der Waals surface area contributed by atoms with E-state index < -0.39 is 0 Å². The lowest BCUT2D eigenvalue weighted by atomic mass is 9.95. The van der Waals surface area contributed by atoms with Crippen LogP contribution in [0.1, 0.15) is 36.1 Å². The van der Waals surface area contributed by atoms with Crippen molar-refractivity contribution in [1.29, 1.82) is 21.0 Å². The summed E-state index contributed by atoms with van der Waals surface area (Å²) in [6, 6.07) is 7.45. The fourth-order valence-corrected chi connectivity index (χ4v) is 1.92. The zero-order chi connectivity index (χ0) is 16.7. The summed E-state index contributed by atoms with van der Waals surface area (Å²) in [4.78, 5) is 0. The van der Waals surface area contributed by atoms with Crippen LogP contribution in [0.5, 0.6) is 0 Å². The zero-order valence-corrected chi connectivity index (χ0v) is 12.2. The molecule has 0 saturated carbocycles. The first-order valence-corrected chi connectivity index (χ1v) is 6.40. The number of rotatable bonds is 4. The molecule has 1 rings (SSSR count). The number of nitrogens with zero attached hydrogens (tertiary/aromatic N) is 4. The van der Waals surface area contributed by atoms with E-state index in [2.05, 4.69) is 6.58 Å². The fourth-order valence-electron chi connectivity index (χ4n) is 1.92.